The number of hydrogen-bond donors (Lipinski definition) is 1. The third-order valence-corrected chi connectivity index (χ3v) is 4.41. The minimum absolute atomic E-state index is 0.321. The maximum absolute atomic E-state index is 12.9. The molecule has 1 N–H and O–H groups in total. The standard InChI is InChI=1S/C23H17FN4O3/c1-30-20-5-3-2-4-19(20)23-28-27-22(31-23)17-10-8-16(9-11-17)21(29)26-25-14-15-6-12-18(24)13-7-15/h2-14H,1H3,(H,26,29)/b25-14+. The summed E-state index contributed by atoms with van der Waals surface area (Å²) in [4.78, 5) is 12.2. The number of methoxy groups -OCH3 is 1. The van der Waals surface area contributed by atoms with E-state index in [0.29, 0.717) is 39.8 Å². The van der Waals surface area contributed by atoms with E-state index in [2.05, 4.69) is 20.7 Å². The molecule has 0 bridgehead atoms. The van der Waals surface area contributed by atoms with Crippen LogP contribution in [0.25, 0.3) is 22.9 Å². The first-order valence-electron chi connectivity index (χ1n) is 9.30. The van der Waals surface area contributed by atoms with Gasteiger partial charge >= 0.3 is 0 Å². The molecular weight excluding hydrogens is 399 g/mol. The fraction of sp³-hybridized carbons (Fsp3) is 0.0435. The molecule has 1 amide bonds. The lowest BCUT2D eigenvalue weighted by Crippen LogP contribution is -2.17. The highest BCUT2D eigenvalue weighted by Crippen LogP contribution is 2.30. The molecule has 154 valence electrons. The molecule has 0 aliphatic rings. The predicted octanol–water partition coefficient (Wildman–Crippen LogP) is 4.32. The van der Waals surface area contributed by atoms with Crippen molar-refractivity contribution >= 4 is 12.1 Å². The maximum atomic E-state index is 12.9. The van der Waals surface area contributed by atoms with E-state index in [0.717, 1.165) is 0 Å². The van der Waals surface area contributed by atoms with Gasteiger partial charge in [0.2, 0.25) is 5.89 Å². The SMILES string of the molecule is COc1ccccc1-c1nnc(-c2ccc(C(=O)N/N=C/c3ccc(F)cc3)cc2)o1. The average Bonchev–Trinajstić information content (AvgIpc) is 3.30. The van der Waals surface area contributed by atoms with Crippen molar-refractivity contribution in [1.29, 1.82) is 0 Å². The van der Waals surface area contributed by atoms with Gasteiger partial charge in [-0.15, -0.1) is 10.2 Å². The lowest BCUT2D eigenvalue weighted by atomic mass is 10.1. The molecule has 4 rings (SSSR count). The van der Waals surface area contributed by atoms with Gasteiger partial charge in [0.05, 0.1) is 18.9 Å². The molecule has 0 saturated carbocycles. The Labute approximate surface area is 177 Å². The minimum Gasteiger partial charge on any atom is -0.496 e. The minimum atomic E-state index is -0.384. The molecule has 3 aromatic carbocycles. The van der Waals surface area contributed by atoms with E-state index < -0.39 is 0 Å². The van der Waals surface area contributed by atoms with E-state index in [1.807, 2.05) is 24.3 Å². The third kappa shape index (κ3) is 4.64. The number of carbonyl (C=O) groups excluding carboxylic acids is 1. The van der Waals surface area contributed by atoms with Crippen LogP contribution in [-0.2, 0) is 0 Å². The molecule has 4 aromatic rings. The van der Waals surface area contributed by atoms with Crippen LogP contribution in [0.15, 0.2) is 82.3 Å². The molecule has 0 spiro atoms. The Morgan fingerprint density at radius 1 is 1.00 bits per heavy atom. The monoisotopic (exact) mass is 416 g/mol. The highest BCUT2D eigenvalue weighted by molar-refractivity contribution is 5.95. The fourth-order valence-corrected chi connectivity index (χ4v) is 2.81. The van der Waals surface area contributed by atoms with Crippen LogP contribution < -0.4 is 10.2 Å². The first-order valence-corrected chi connectivity index (χ1v) is 9.30. The Morgan fingerprint density at radius 2 is 1.71 bits per heavy atom. The second-order valence-corrected chi connectivity index (χ2v) is 6.44. The van der Waals surface area contributed by atoms with Crippen LogP contribution in [0.1, 0.15) is 15.9 Å². The largest absolute Gasteiger partial charge is 0.496 e. The van der Waals surface area contributed by atoms with E-state index in [1.165, 1.54) is 18.3 Å². The Bertz CT molecular complexity index is 1220. The summed E-state index contributed by atoms with van der Waals surface area (Å²) in [5.41, 5.74) is 4.86. The fourth-order valence-electron chi connectivity index (χ4n) is 2.81. The highest BCUT2D eigenvalue weighted by atomic mass is 19.1. The summed E-state index contributed by atoms with van der Waals surface area (Å²) in [5.74, 6) is 0.570. The van der Waals surface area contributed by atoms with Crippen LogP contribution in [-0.4, -0.2) is 29.4 Å². The number of aromatic nitrogens is 2. The van der Waals surface area contributed by atoms with Crippen LogP contribution in [0.3, 0.4) is 0 Å². The van der Waals surface area contributed by atoms with Crippen molar-refractivity contribution in [2.24, 2.45) is 5.10 Å². The highest BCUT2D eigenvalue weighted by Gasteiger charge is 2.14. The summed E-state index contributed by atoms with van der Waals surface area (Å²) in [6.07, 6.45) is 1.43. The number of nitrogens with zero attached hydrogens (tertiary/aromatic N) is 3. The van der Waals surface area contributed by atoms with Gasteiger partial charge in [-0.1, -0.05) is 24.3 Å². The molecule has 0 aliphatic carbocycles. The molecule has 1 heterocycles. The van der Waals surface area contributed by atoms with Crippen molar-refractivity contribution in [2.75, 3.05) is 7.11 Å². The Kier molecular flexibility index (Phi) is 5.79. The Morgan fingerprint density at radius 3 is 2.45 bits per heavy atom. The smallest absolute Gasteiger partial charge is 0.271 e. The first kappa shape index (κ1) is 20.0. The van der Waals surface area contributed by atoms with Crippen LogP contribution in [0, 0.1) is 5.82 Å². The van der Waals surface area contributed by atoms with E-state index in [4.69, 9.17) is 9.15 Å². The number of rotatable bonds is 6. The second kappa shape index (κ2) is 9.00. The summed E-state index contributed by atoms with van der Waals surface area (Å²) in [6, 6.07) is 19.8. The Hall–Kier alpha value is -4.33. The van der Waals surface area contributed by atoms with Gasteiger partial charge in [0, 0.05) is 11.1 Å². The summed E-state index contributed by atoms with van der Waals surface area (Å²) >= 11 is 0. The summed E-state index contributed by atoms with van der Waals surface area (Å²) in [5, 5.41) is 12.0. The van der Waals surface area contributed by atoms with Crippen molar-refractivity contribution in [3.05, 3.63) is 89.7 Å². The van der Waals surface area contributed by atoms with E-state index in [-0.39, 0.29) is 11.7 Å². The van der Waals surface area contributed by atoms with Crippen molar-refractivity contribution in [1.82, 2.24) is 15.6 Å². The molecule has 0 radical (unpaired) electrons. The number of hydrazone groups is 1. The van der Waals surface area contributed by atoms with Gasteiger partial charge in [0.25, 0.3) is 11.8 Å². The van der Waals surface area contributed by atoms with E-state index in [9.17, 15) is 9.18 Å². The number of halogens is 1. The van der Waals surface area contributed by atoms with Gasteiger partial charge < -0.3 is 9.15 Å². The number of carbonyl (C=O) groups is 1. The number of amides is 1. The summed E-state index contributed by atoms with van der Waals surface area (Å²) < 4.78 is 24.0. The lowest BCUT2D eigenvalue weighted by Gasteiger charge is -2.03. The number of ether oxygens (including phenoxy) is 1. The zero-order chi connectivity index (χ0) is 21.6. The molecule has 0 atom stereocenters. The quantitative estimate of drug-likeness (QED) is 0.374. The van der Waals surface area contributed by atoms with Crippen LogP contribution in [0.5, 0.6) is 5.75 Å². The molecule has 8 heteroatoms. The Balaban J connectivity index is 1.44. The molecule has 0 saturated heterocycles. The second-order valence-electron chi connectivity index (χ2n) is 6.44. The van der Waals surface area contributed by atoms with Crippen molar-refractivity contribution in [3.8, 4) is 28.7 Å². The third-order valence-electron chi connectivity index (χ3n) is 4.41. The van der Waals surface area contributed by atoms with Crippen molar-refractivity contribution in [3.63, 3.8) is 0 Å². The molecule has 0 unspecified atom stereocenters. The van der Waals surface area contributed by atoms with Gasteiger partial charge in [-0.3, -0.25) is 4.79 Å². The summed E-state index contributed by atoms with van der Waals surface area (Å²) in [7, 11) is 1.57. The average molecular weight is 416 g/mol. The predicted molar refractivity (Wildman–Crippen MR) is 113 cm³/mol. The van der Waals surface area contributed by atoms with Gasteiger partial charge in [0.1, 0.15) is 11.6 Å². The van der Waals surface area contributed by atoms with Gasteiger partial charge in [-0.2, -0.15) is 5.10 Å². The normalized spacial score (nSPS) is 10.9. The summed E-state index contributed by atoms with van der Waals surface area (Å²) in [6.45, 7) is 0. The van der Waals surface area contributed by atoms with E-state index >= 15 is 0 Å². The number of hydrogen-bond acceptors (Lipinski definition) is 6. The molecule has 7 nitrogen and oxygen atoms in total. The number of nitrogens with one attached hydrogen (secondary N) is 1. The van der Waals surface area contributed by atoms with E-state index in [1.54, 1.807) is 43.5 Å². The zero-order valence-electron chi connectivity index (χ0n) is 16.4. The van der Waals surface area contributed by atoms with Gasteiger partial charge in [-0.05, 0) is 54.1 Å². The van der Waals surface area contributed by atoms with Crippen LogP contribution in [0.2, 0.25) is 0 Å². The maximum Gasteiger partial charge on any atom is 0.271 e. The van der Waals surface area contributed by atoms with Crippen molar-refractivity contribution < 1.29 is 18.3 Å². The van der Waals surface area contributed by atoms with Crippen LogP contribution >= 0.6 is 0 Å². The first-order chi connectivity index (χ1) is 15.1. The zero-order valence-corrected chi connectivity index (χ0v) is 16.4. The number of para-hydroxylation sites is 1. The molecule has 0 aliphatic heterocycles. The topological polar surface area (TPSA) is 89.6 Å². The molecule has 1 aromatic heterocycles. The molecule has 0 fully saturated rings. The molecular formula is C23H17FN4O3. The number of benzene rings is 3. The van der Waals surface area contributed by atoms with Crippen molar-refractivity contribution in [2.45, 2.75) is 0 Å². The lowest BCUT2D eigenvalue weighted by molar-refractivity contribution is 0.0955. The molecule has 31 heavy (non-hydrogen) atoms. The van der Waals surface area contributed by atoms with Crippen LogP contribution in [0.4, 0.5) is 4.39 Å². The van der Waals surface area contributed by atoms with Gasteiger partial charge in [-0.25, -0.2) is 9.82 Å². The van der Waals surface area contributed by atoms with Gasteiger partial charge in [0.15, 0.2) is 0 Å².